The van der Waals surface area contributed by atoms with Crippen LogP contribution >= 0.6 is 0 Å². The average Bonchev–Trinajstić information content (AvgIpc) is 3.14. The van der Waals surface area contributed by atoms with E-state index in [-0.39, 0.29) is 5.56 Å². The Labute approximate surface area is 158 Å². The standard InChI is InChI=1S/C20H18FN3O2S/c1-12-5-3-8-18(13(12)2)24-19(16-10-27(26)11-17(16)23-24)22-20(25)14-6-4-7-15(21)9-14/h3-9H,10-11H2,1-2H3,(H,22,25)/t27-/m1/s1. The largest absolute Gasteiger partial charge is 0.306 e. The molecular formula is C20H18FN3O2S. The van der Waals surface area contributed by atoms with Gasteiger partial charge in [0.25, 0.3) is 5.91 Å². The van der Waals surface area contributed by atoms with Gasteiger partial charge < -0.3 is 5.32 Å². The number of anilines is 1. The second-order valence-corrected chi connectivity index (χ2v) is 8.05. The summed E-state index contributed by atoms with van der Waals surface area (Å²) in [7, 11) is -1.02. The summed E-state index contributed by atoms with van der Waals surface area (Å²) in [4.78, 5) is 12.7. The first-order valence-corrected chi connectivity index (χ1v) is 10.0. The van der Waals surface area contributed by atoms with Crippen LogP contribution in [0, 0.1) is 19.7 Å². The van der Waals surface area contributed by atoms with Crippen LogP contribution in [0.3, 0.4) is 0 Å². The Morgan fingerprint density at radius 3 is 2.74 bits per heavy atom. The lowest BCUT2D eigenvalue weighted by Gasteiger charge is -2.14. The minimum Gasteiger partial charge on any atom is -0.306 e. The van der Waals surface area contributed by atoms with Crippen LogP contribution in [0.15, 0.2) is 42.5 Å². The number of hydrogen-bond donors (Lipinski definition) is 1. The molecule has 4 rings (SSSR count). The third-order valence-electron chi connectivity index (χ3n) is 4.79. The van der Waals surface area contributed by atoms with Crippen molar-refractivity contribution in [3.05, 3.63) is 76.2 Å². The van der Waals surface area contributed by atoms with Crippen molar-refractivity contribution in [2.24, 2.45) is 0 Å². The highest BCUT2D eigenvalue weighted by Gasteiger charge is 2.29. The Hall–Kier alpha value is -2.80. The molecule has 5 nitrogen and oxygen atoms in total. The Morgan fingerprint density at radius 1 is 1.19 bits per heavy atom. The third-order valence-corrected chi connectivity index (χ3v) is 6.00. The SMILES string of the molecule is Cc1cccc(-n2nc3c(c2NC(=O)c2cccc(F)c2)C[S@@](=O)C3)c1C. The summed E-state index contributed by atoms with van der Waals surface area (Å²) in [6.07, 6.45) is 0. The number of rotatable bonds is 3. The van der Waals surface area contributed by atoms with E-state index in [4.69, 9.17) is 0 Å². The molecular weight excluding hydrogens is 365 g/mol. The number of carbonyl (C=O) groups is 1. The van der Waals surface area contributed by atoms with Gasteiger partial charge in [-0.25, -0.2) is 9.07 Å². The van der Waals surface area contributed by atoms with Crippen molar-refractivity contribution in [1.82, 2.24) is 9.78 Å². The lowest BCUT2D eigenvalue weighted by Crippen LogP contribution is -2.17. The number of nitrogens with zero attached hydrogens (tertiary/aromatic N) is 2. The zero-order chi connectivity index (χ0) is 19.1. The fourth-order valence-electron chi connectivity index (χ4n) is 3.20. The Bertz CT molecular complexity index is 1090. The van der Waals surface area contributed by atoms with Crippen molar-refractivity contribution < 1.29 is 13.4 Å². The first-order valence-electron chi connectivity index (χ1n) is 8.53. The maximum atomic E-state index is 13.5. The third kappa shape index (κ3) is 3.19. The molecule has 0 bridgehead atoms. The average molecular weight is 383 g/mol. The maximum Gasteiger partial charge on any atom is 0.256 e. The predicted molar refractivity (Wildman–Crippen MR) is 103 cm³/mol. The number of hydrogen-bond acceptors (Lipinski definition) is 3. The predicted octanol–water partition coefficient (Wildman–Crippen LogP) is 3.64. The number of fused-ring (bicyclic) bond motifs is 1. The Kier molecular flexibility index (Phi) is 4.39. The van der Waals surface area contributed by atoms with Crippen LogP contribution < -0.4 is 5.32 Å². The van der Waals surface area contributed by atoms with E-state index in [2.05, 4.69) is 10.4 Å². The molecule has 1 atom stereocenters. The zero-order valence-electron chi connectivity index (χ0n) is 15.0. The van der Waals surface area contributed by atoms with Crippen molar-refractivity contribution in [1.29, 1.82) is 0 Å². The van der Waals surface area contributed by atoms with Crippen molar-refractivity contribution in [3.63, 3.8) is 0 Å². The van der Waals surface area contributed by atoms with E-state index >= 15 is 0 Å². The molecule has 0 radical (unpaired) electrons. The van der Waals surface area contributed by atoms with Crippen LogP contribution in [-0.4, -0.2) is 19.9 Å². The fraction of sp³-hybridized carbons (Fsp3) is 0.200. The van der Waals surface area contributed by atoms with E-state index in [9.17, 15) is 13.4 Å². The highest BCUT2D eigenvalue weighted by Crippen LogP contribution is 2.32. The second kappa shape index (κ2) is 6.74. The zero-order valence-corrected chi connectivity index (χ0v) is 15.8. The van der Waals surface area contributed by atoms with Gasteiger partial charge >= 0.3 is 0 Å². The number of aryl methyl sites for hydroxylation is 1. The smallest absolute Gasteiger partial charge is 0.256 e. The molecule has 1 amide bonds. The van der Waals surface area contributed by atoms with Gasteiger partial charge in [0.2, 0.25) is 0 Å². The monoisotopic (exact) mass is 383 g/mol. The van der Waals surface area contributed by atoms with Crippen LogP contribution in [0.25, 0.3) is 5.69 Å². The van der Waals surface area contributed by atoms with Gasteiger partial charge in [-0.3, -0.25) is 9.00 Å². The van der Waals surface area contributed by atoms with Crippen molar-refractivity contribution in [2.45, 2.75) is 25.4 Å². The summed E-state index contributed by atoms with van der Waals surface area (Å²) in [6.45, 7) is 4.00. The minimum atomic E-state index is -1.02. The first kappa shape index (κ1) is 17.6. The van der Waals surface area contributed by atoms with E-state index in [0.717, 1.165) is 28.1 Å². The molecule has 3 aromatic rings. The van der Waals surface area contributed by atoms with Gasteiger partial charge in [-0.2, -0.15) is 5.10 Å². The molecule has 0 fully saturated rings. The molecule has 1 aliphatic rings. The molecule has 1 N–H and O–H groups in total. The first-order chi connectivity index (χ1) is 12.9. The van der Waals surface area contributed by atoms with Gasteiger partial charge in [-0.05, 0) is 49.2 Å². The quantitative estimate of drug-likeness (QED) is 0.751. The molecule has 138 valence electrons. The summed E-state index contributed by atoms with van der Waals surface area (Å²) in [5.74, 6) is 0.312. The van der Waals surface area contributed by atoms with E-state index < -0.39 is 22.5 Å². The van der Waals surface area contributed by atoms with Crippen LogP contribution in [0.2, 0.25) is 0 Å². The Balaban J connectivity index is 1.80. The number of carbonyl (C=O) groups excluding carboxylic acids is 1. The summed E-state index contributed by atoms with van der Waals surface area (Å²) >= 11 is 0. The molecule has 0 aliphatic carbocycles. The Morgan fingerprint density at radius 2 is 1.96 bits per heavy atom. The summed E-state index contributed by atoms with van der Waals surface area (Å²) in [5, 5.41) is 7.47. The molecule has 7 heteroatoms. The molecule has 0 saturated heterocycles. The highest BCUT2D eigenvalue weighted by molar-refractivity contribution is 7.83. The number of aromatic nitrogens is 2. The van der Waals surface area contributed by atoms with E-state index in [1.54, 1.807) is 10.7 Å². The van der Waals surface area contributed by atoms with Crippen LogP contribution in [0.5, 0.6) is 0 Å². The fourth-order valence-corrected chi connectivity index (χ4v) is 4.47. The van der Waals surface area contributed by atoms with Crippen LogP contribution in [0.4, 0.5) is 10.2 Å². The van der Waals surface area contributed by atoms with E-state index in [0.29, 0.717) is 17.3 Å². The van der Waals surface area contributed by atoms with Crippen molar-refractivity contribution in [2.75, 3.05) is 5.32 Å². The maximum absolute atomic E-state index is 13.5. The topological polar surface area (TPSA) is 64.0 Å². The molecule has 0 saturated carbocycles. The van der Waals surface area contributed by atoms with Gasteiger partial charge in [0, 0.05) is 21.9 Å². The van der Waals surface area contributed by atoms with Gasteiger partial charge in [0.05, 0.1) is 22.9 Å². The van der Waals surface area contributed by atoms with E-state index in [1.165, 1.54) is 18.2 Å². The minimum absolute atomic E-state index is 0.219. The molecule has 0 spiro atoms. The molecule has 0 unspecified atom stereocenters. The number of benzene rings is 2. The molecule has 2 heterocycles. The lowest BCUT2D eigenvalue weighted by atomic mass is 10.1. The number of amides is 1. The van der Waals surface area contributed by atoms with Gasteiger partial charge in [-0.1, -0.05) is 18.2 Å². The van der Waals surface area contributed by atoms with Gasteiger partial charge in [0.15, 0.2) is 0 Å². The summed E-state index contributed by atoms with van der Waals surface area (Å²) in [5.41, 5.74) is 4.72. The molecule has 1 aliphatic heterocycles. The van der Waals surface area contributed by atoms with Crippen molar-refractivity contribution >= 4 is 22.5 Å². The normalized spacial score (nSPS) is 15.6. The number of nitrogens with one attached hydrogen (secondary N) is 1. The van der Waals surface area contributed by atoms with Gasteiger partial charge in [-0.15, -0.1) is 0 Å². The summed E-state index contributed by atoms with van der Waals surface area (Å²) in [6, 6.07) is 11.4. The summed E-state index contributed by atoms with van der Waals surface area (Å²) < 4.78 is 27.2. The van der Waals surface area contributed by atoms with Crippen molar-refractivity contribution in [3.8, 4) is 5.69 Å². The lowest BCUT2D eigenvalue weighted by molar-refractivity contribution is 0.102. The highest BCUT2D eigenvalue weighted by atomic mass is 32.2. The van der Waals surface area contributed by atoms with Crippen LogP contribution in [-0.2, 0) is 22.3 Å². The number of halogens is 1. The van der Waals surface area contributed by atoms with E-state index in [1.807, 2.05) is 32.0 Å². The van der Waals surface area contributed by atoms with Gasteiger partial charge in [0.1, 0.15) is 11.6 Å². The second-order valence-electron chi connectivity index (χ2n) is 6.60. The molecule has 27 heavy (non-hydrogen) atoms. The van der Waals surface area contributed by atoms with Crippen LogP contribution in [0.1, 0.15) is 32.7 Å². The molecule has 1 aromatic heterocycles. The molecule has 2 aromatic carbocycles.